The Labute approximate surface area is 130 Å². The average molecular weight is 348 g/mol. The molecule has 0 aliphatic heterocycles. The second-order valence-electron chi connectivity index (χ2n) is 5.04. The van der Waals surface area contributed by atoms with Gasteiger partial charge in [0.15, 0.2) is 0 Å². The Hall–Kier alpha value is -0.0900. The van der Waals surface area contributed by atoms with Crippen LogP contribution in [0, 0.1) is 5.92 Å². The summed E-state index contributed by atoms with van der Waals surface area (Å²) in [7, 11) is 0. The van der Waals surface area contributed by atoms with Gasteiger partial charge in [0.1, 0.15) is 0 Å². The predicted octanol–water partition coefficient (Wildman–Crippen LogP) is 5.21. The van der Waals surface area contributed by atoms with E-state index < -0.39 is 0 Å². The predicted molar refractivity (Wildman–Crippen MR) is 87.1 cm³/mol. The Morgan fingerprint density at radius 3 is 2.63 bits per heavy atom. The van der Waals surface area contributed by atoms with Crippen LogP contribution in [0.1, 0.15) is 57.6 Å². The van der Waals surface area contributed by atoms with E-state index in [2.05, 4.69) is 35.2 Å². The third-order valence-electron chi connectivity index (χ3n) is 3.65. The van der Waals surface area contributed by atoms with E-state index in [9.17, 15) is 0 Å². The SMILES string of the molecule is CCCCC(CC)CC(NN)c1ccc(Cl)cc1Br. The Morgan fingerprint density at radius 1 is 1.37 bits per heavy atom. The van der Waals surface area contributed by atoms with Gasteiger partial charge in [0.25, 0.3) is 0 Å². The number of hydrogen-bond donors (Lipinski definition) is 2. The average Bonchev–Trinajstić information content (AvgIpc) is 2.40. The summed E-state index contributed by atoms with van der Waals surface area (Å²) in [5.41, 5.74) is 4.13. The number of rotatable bonds is 8. The smallest absolute Gasteiger partial charge is 0.0473 e. The number of hydrazine groups is 1. The molecule has 1 rings (SSSR count). The van der Waals surface area contributed by atoms with Gasteiger partial charge in [0.05, 0.1) is 0 Å². The van der Waals surface area contributed by atoms with E-state index in [1.54, 1.807) is 0 Å². The lowest BCUT2D eigenvalue weighted by Gasteiger charge is -2.23. The van der Waals surface area contributed by atoms with E-state index in [1.807, 2.05) is 18.2 Å². The molecule has 0 aliphatic rings. The first kappa shape index (κ1) is 17.0. The number of hydrogen-bond acceptors (Lipinski definition) is 2. The van der Waals surface area contributed by atoms with Gasteiger partial charge in [-0.1, -0.05) is 73.1 Å². The fraction of sp³-hybridized carbons (Fsp3) is 0.600. The number of unbranched alkanes of at least 4 members (excludes halogenated alkanes) is 1. The molecule has 0 aromatic heterocycles. The van der Waals surface area contributed by atoms with Crippen LogP contribution in [0.3, 0.4) is 0 Å². The van der Waals surface area contributed by atoms with Crippen molar-refractivity contribution in [2.45, 2.75) is 52.0 Å². The number of benzene rings is 1. The maximum absolute atomic E-state index is 5.98. The molecule has 0 radical (unpaired) electrons. The molecule has 1 aromatic carbocycles. The number of halogens is 2. The van der Waals surface area contributed by atoms with E-state index in [4.69, 9.17) is 17.4 Å². The second-order valence-corrected chi connectivity index (χ2v) is 6.33. The minimum atomic E-state index is 0.174. The van der Waals surface area contributed by atoms with Gasteiger partial charge in [-0.25, -0.2) is 0 Å². The van der Waals surface area contributed by atoms with E-state index >= 15 is 0 Å². The van der Waals surface area contributed by atoms with E-state index in [1.165, 1.54) is 31.2 Å². The van der Waals surface area contributed by atoms with Gasteiger partial charge in [0.2, 0.25) is 0 Å². The molecular weight excluding hydrogens is 324 g/mol. The third-order valence-corrected chi connectivity index (χ3v) is 4.57. The molecule has 0 saturated carbocycles. The van der Waals surface area contributed by atoms with Crippen molar-refractivity contribution in [1.82, 2.24) is 5.43 Å². The highest BCUT2D eigenvalue weighted by Gasteiger charge is 2.18. The van der Waals surface area contributed by atoms with Crippen LogP contribution in [0.5, 0.6) is 0 Å². The van der Waals surface area contributed by atoms with Crippen LogP contribution in [0.2, 0.25) is 5.02 Å². The van der Waals surface area contributed by atoms with E-state index in [0.29, 0.717) is 5.92 Å². The highest BCUT2D eigenvalue weighted by atomic mass is 79.9. The van der Waals surface area contributed by atoms with Gasteiger partial charge in [-0.05, 0) is 30.0 Å². The van der Waals surface area contributed by atoms with Crippen LogP contribution in [0.4, 0.5) is 0 Å². The molecule has 0 spiro atoms. The van der Waals surface area contributed by atoms with Gasteiger partial charge >= 0.3 is 0 Å². The summed E-state index contributed by atoms with van der Waals surface area (Å²) in [4.78, 5) is 0. The van der Waals surface area contributed by atoms with Crippen molar-refractivity contribution in [3.05, 3.63) is 33.3 Å². The fourth-order valence-electron chi connectivity index (χ4n) is 2.38. The Kier molecular flexibility index (Phi) is 8.00. The van der Waals surface area contributed by atoms with Crippen molar-refractivity contribution in [3.63, 3.8) is 0 Å². The zero-order valence-corrected chi connectivity index (χ0v) is 14.1. The summed E-state index contributed by atoms with van der Waals surface area (Å²) in [6.07, 6.45) is 6.08. The topological polar surface area (TPSA) is 38.0 Å². The van der Waals surface area contributed by atoms with Crippen LogP contribution in [-0.4, -0.2) is 0 Å². The quantitative estimate of drug-likeness (QED) is 0.500. The zero-order chi connectivity index (χ0) is 14.3. The molecule has 0 fully saturated rings. The first-order valence-corrected chi connectivity index (χ1v) is 8.20. The molecular formula is C15H24BrClN2. The highest BCUT2D eigenvalue weighted by Crippen LogP contribution is 2.32. The lowest BCUT2D eigenvalue weighted by atomic mass is 9.89. The molecule has 1 aromatic rings. The van der Waals surface area contributed by atoms with Crippen molar-refractivity contribution in [2.75, 3.05) is 0 Å². The summed E-state index contributed by atoms with van der Waals surface area (Å²) in [6.45, 7) is 4.49. The van der Waals surface area contributed by atoms with Crippen LogP contribution in [0.15, 0.2) is 22.7 Å². The van der Waals surface area contributed by atoms with Crippen LogP contribution in [0.25, 0.3) is 0 Å². The van der Waals surface area contributed by atoms with Gasteiger partial charge in [-0.3, -0.25) is 11.3 Å². The molecule has 0 saturated heterocycles. The Bertz CT molecular complexity index is 384. The summed E-state index contributed by atoms with van der Waals surface area (Å²) in [5.74, 6) is 6.45. The highest BCUT2D eigenvalue weighted by molar-refractivity contribution is 9.10. The first-order chi connectivity index (χ1) is 9.12. The molecule has 0 aliphatic carbocycles. The molecule has 0 heterocycles. The summed E-state index contributed by atoms with van der Waals surface area (Å²) < 4.78 is 1.02. The monoisotopic (exact) mass is 346 g/mol. The van der Waals surface area contributed by atoms with Crippen LogP contribution in [-0.2, 0) is 0 Å². The maximum atomic E-state index is 5.98. The molecule has 2 nitrogen and oxygen atoms in total. The lowest BCUT2D eigenvalue weighted by molar-refractivity contribution is 0.356. The molecule has 19 heavy (non-hydrogen) atoms. The van der Waals surface area contributed by atoms with Gasteiger partial charge in [-0.15, -0.1) is 0 Å². The van der Waals surface area contributed by atoms with E-state index in [0.717, 1.165) is 15.9 Å². The number of nitrogens with one attached hydrogen (secondary N) is 1. The van der Waals surface area contributed by atoms with Crippen LogP contribution >= 0.6 is 27.5 Å². The van der Waals surface area contributed by atoms with Gasteiger partial charge in [0, 0.05) is 15.5 Å². The van der Waals surface area contributed by atoms with Crippen molar-refractivity contribution in [1.29, 1.82) is 0 Å². The Balaban J connectivity index is 2.76. The van der Waals surface area contributed by atoms with Crippen molar-refractivity contribution < 1.29 is 0 Å². The minimum Gasteiger partial charge on any atom is -0.271 e. The molecule has 3 N–H and O–H groups in total. The Morgan fingerprint density at radius 2 is 2.11 bits per heavy atom. The minimum absolute atomic E-state index is 0.174. The van der Waals surface area contributed by atoms with Gasteiger partial charge < -0.3 is 0 Å². The summed E-state index contributed by atoms with van der Waals surface area (Å²) >= 11 is 9.56. The van der Waals surface area contributed by atoms with Crippen molar-refractivity contribution >= 4 is 27.5 Å². The molecule has 0 amide bonds. The zero-order valence-electron chi connectivity index (χ0n) is 11.8. The first-order valence-electron chi connectivity index (χ1n) is 7.03. The summed E-state index contributed by atoms with van der Waals surface area (Å²) in [5, 5.41) is 0.740. The fourth-order valence-corrected chi connectivity index (χ4v) is 3.34. The largest absolute Gasteiger partial charge is 0.271 e. The molecule has 4 heteroatoms. The normalized spacial score (nSPS) is 14.4. The standard InChI is InChI=1S/C15H24BrClN2/c1-3-5-6-11(4-2)9-15(19-18)13-8-7-12(17)10-14(13)16/h7-8,10-11,15,19H,3-6,9,18H2,1-2H3. The third kappa shape index (κ3) is 5.42. The molecule has 2 unspecified atom stereocenters. The second kappa shape index (κ2) is 8.96. The molecule has 0 bridgehead atoms. The van der Waals surface area contributed by atoms with Crippen molar-refractivity contribution in [2.24, 2.45) is 11.8 Å². The number of nitrogens with two attached hydrogens (primary N) is 1. The van der Waals surface area contributed by atoms with Gasteiger partial charge in [-0.2, -0.15) is 0 Å². The summed E-state index contributed by atoms with van der Waals surface area (Å²) in [6, 6.07) is 6.06. The maximum Gasteiger partial charge on any atom is 0.0473 e. The molecule has 108 valence electrons. The van der Waals surface area contributed by atoms with Crippen LogP contribution < -0.4 is 11.3 Å². The van der Waals surface area contributed by atoms with Crippen molar-refractivity contribution in [3.8, 4) is 0 Å². The lowest BCUT2D eigenvalue weighted by Crippen LogP contribution is -2.30. The molecule has 2 atom stereocenters. The van der Waals surface area contributed by atoms with E-state index in [-0.39, 0.29) is 6.04 Å².